The zero-order valence-electron chi connectivity index (χ0n) is 17.5. The number of halogens is 2. The molecule has 4 rings (SSSR count). The van der Waals surface area contributed by atoms with E-state index in [2.05, 4.69) is 4.90 Å². The minimum absolute atomic E-state index is 0.171. The summed E-state index contributed by atoms with van der Waals surface area (Å²) in [5.41, 5.74) is 3.23. The monoisotopic (exact) mass is 417 g/mol. The van der Waals surface area contributed by atoms with Gasteiger partial charge in [0, 0.05) is 18.2 Å². The number of fused-ring (bicyclic) bond motifs is 1. The fourth-order valence-corrected chi connectivity index (χ4v) is 5.03. The Bertz CT molecular complexity index is 822. The van der Waals surface area contributed by atoms with Crippen LogP contribution in [0.4, 0.5) is 14.5 Å². The number of piperazine rings is 1. The number of nitrogens with zero attached hydrogens (tertiary/aromatic N) is 1. The first-order valence-electron chi connectivity index (χ1n) is 11.2. The van der Waals surface area contributed by atoms with Crippen molar-refractivity contribution in [3.63, 3.8) is 0 Å². The number of quaternary nitrogens is 2. The summed E-state index contributed by atoms with van der Waals surface area (Å²) in [5.74, 6) is -0.256. The molecule has 0 aliphatic carbocycles. The summed E-state index contributed by atoms with van der Waals surface area (Å²) in [6.07, 6.45) is 2.01. The molecule has 2 aromatic carbocycles. The molecule has 0 amide bonds. The zero-order chi connectivity index (χ0) is 20.9. The van der Waals surface area contributed by atoms with E-state index >= 15 is 0 Å². The van der Waals surface area contributed by atoms with Crippen molar-refractivity contribution in [2.45, 2.75) is 18.8 Å². The number of hydrogen-bond donors (Lipinski definition) is 3. The van der Waals surface area contributed by atoms with Crippen LogP contribution in [-0.2, 0) is 0 Å². The molecule has 1 unspecified atom stereocenters. The fourth-order valence-electron chi connectivity index (χ4n) is 5.03. The van der Waals surface area contributed by atoms with Gasteiger partial charge in [-0.05, 0) is 48.2 Å². The van der Waals surface area contributed by atoms with E-state index in [1.807, 2.05) is 18.2 Å². The quantitative estimate of drug-likeness (QED) is 0.639. The van der Waals surface area contributed by atoms with Crippen LogP contribution < -0.4 is 14.7 Å². The van der Waals surface area contributed by atoms with E-state index in [1.54, 1.807) is 17.0 Å². The van der Waals surface area contributed by atoms with Gasteiger partial charge in [-0.15, -0.1) is 0 Å². The highest BCUT2D eigenvalue weighted by Gasteiger charge is 2.27. The molecule has 3 N–H and O–H groups in total. The second-order valence-corrected chi connectivity index (χ2v) is 8.66. The molecule has 30 heavy (non-hydrogen) atoms. The molecule has 1 saturated heterocycles. The number of aliphatic hydroxyl groups is 1. The molecule has 1 atom stereocenters. The van der Waals surface area contributed by atoms with E-state index in [0.717, 1.165) is 82.0 Å². The summed E-state index contributed by atoms with van der Waals surface area (Å²) in [7, 11) is 0. The summed E-state index contributed by atoms with van der Waals surface area (Å²) in [6, 6.07) is 11.9. The van der Waals surface area contributed by atoms with Crippen molar-refractivity contribution in [3.8, 4) is 0 Å². The molecule has 6 heteroatoms. The molecule has 0 saturated carbocycles. The maximum absolute atomic E-state index is 14.2. The van der Waals surface area contributed by atoms with Gasteiger partial charge in [-0.3, -0.25) is 0 Å². The van der Waals surface area contributed by atoms with Gasteiger partial charge in [0.25, 0.3) is 0 Å². The predicted molar refractivity (Wildman–Crippen MR) is 114 cm³/mol. The molecular weight excluding hydrogens is 384 g/mol. The molecule has 1 fully saturated rings. The second kappa shape index (κ2) is 9.86. The van der Waals surface area contributed by atoms with Crippen LogP contribution in [0.1, 0.15) is 29.9 Å². The minimum atomic E-state index is -0.225. The maximum atomic E-state index is 14.2. The third-order valence-electron chi connectivity index (χ3n) is 6.77. The van der Waals surface area contributed by atoms with Crippen LogP contribution in [0, 0.1) is 11.6 Å². The number of aliphatic hydroxyl groups excluding tert-OH is 1. The highest BCUT2D eigenvalue weighted by Crippen LogP contribution is 2.38. The average molecular weight is 418 g/mol. The molecule has 4 nitrogen and oxygen atoms in total. The van der Waals surface area contributed by atoms with Gasteiger partial charge < -0.3 is 19.8 Å². The number of nitrogens with one attached hydrogen (secondary N) is 2. The van der Waals surface area contributed by atoms with Crippen LogP contribution in [0.2, 0.25) is 0 Å². The molecular formula is C24H33F2N3O+2. The Morgan fingerprint density at radius 1 is 0.900 bits per heavy atom. The Morgan fingerprint density at radius 2 is 1.57 bits per heavy atom. The number of anilines is 1. The SMILES string of the molecule is OCC[NH+]1CC[NH+](CCN2CCCC(c3ccc(F)cc3)c3ccc(F)cc32)CC1. The van der Waals surface area contributed by atoms with Gasteiger partial charge in [-0.1, -0.05) is 18.2 Å². The van der Waals surface area contributed by atoms with Crippen molar-refractivity contribution >= 4 is 5.69 Å². The average Bonchev–Trinajstić information content (AvgIpc) is 2.93. The van der Waals surface area contributed by atoms with Gasteiger partial charge in [0.1, 0.15) is 44.4 Å². The highest BCUT2D eigenvalue weighted by atomic mass is 19.1. The van der Waals surface area contributed by atoms with Gasteiger partial charge >= 0.3 is 0 Å². The first-order valence-corrected chi connectivity index (χ1v) is 11.2. The normalized spacial score (nSPS) is 24.4. The largest absolute Gasteiger partial charge is 0.391 e. The minimum Gasteiger partial charge on any atom is -0.391 e. The van der Waals surface area contributed by atoms with Crippen molar-refractivity contribution in [3.05, 3.63) is 65.2 Å². The van der Waals surface area contributed by atoms with E-state index in [1.165, 1.54) is 17.0 Å². The van der Waals surface area contributed by atoms with E-state index in [9.17, 15) is 8.78 Å². The number of benzene rings is 2. The smallest absolute Gasteiger partial charge is 0.127 e. The van der Waals surface area contributed by atoms with E-state index in [0.29, 0.717) is 0 Å². The molecule has 2 aliphatic rings. The molecule has 162 valence electrons. The number of hydrogen-bond acceptors (Lipinski definition) is 2. The van der Waals surface area contributed by atoms with Crippen LogP contribution in [0.15, 0.2) is 42.5 Å². The van der Waals surface area contributed by atoms with Crippen LogP contribution in [0.5, 0.6) is 0 Å². The Labute approximate surface area is 177 Å². The lowest BCUT2D eigenvalue weighted by Gasteiger charge is -2.32. The Balaban J connectivity index is 1.48. The fraction of sp³-hybridized carbons (Fsp3) is 0.500. The molecule has 0 bridgehead atoms. The van der Waals surface area contributed by atoms with Gasteiger partial charge in [-0.25, -0.2) is 8.78 Å². The van der Waals surface area contributed by atoms with Crippen LogP contribution >= 0.6 is 0 Å². The molecule has 0 spiro atoms. The third-order valence-corrected chi connectivity index (χ3v) is 6.77. The maximum Gasteiger partial charge on any atom is 0.127 e. The van der Waals surface area contributed by atoms with Crippen LogP contribution in [0.25, 0.3) is 0 Å². The van der Waals surface area contributed by atoms with Gasteiger partial charge in [0.2, 0.25) is 0 Å². The topological polar surface area (TPSA) is 32.4 Å². The Morgan fingerprint density at radius 3 is 2.27 bits per heavy atom. The standard InChI is InChI=1S/C24H31F2N3O/c25-20-5-3-19(4-6-20)22-2-1-9-29(24-18-21(26)7-8-23(22)24)15-14-27-10-12-28(13-11-27)16-17-30/h3-8,18,22,30H,1-2,9-17H2/p+2. The first kappa shape index (κ1) is 21.2. The third kappa shape index (κ3) is 4.99. The molecule has 0 radical (unpaired) electrons. The van der Waals surface area contributed by atoms with E-state index in [-0.39, 0.29) is 24.2 Å². The molecule has 2 aliphatic heterocycles. The Kier molecular flexibility index (Phi) is 6.97. The van der Waals surface area contributed by atoms with E-state index in [4.69, 9.17) is 5.11 Å². The lowest BCUT2D eigenvalue weighted by Crippen LogP contribution is -3.28. The summed E-state index contributed by atoms with van der Waals surface area (Å²) in [6.45, 7) is 8.44. The summed E-state index contributed by atoms with van der Waals surface area (Å²) in [4.78, 5) is 5.43. The van der Waals surface area contributed by atoms with Crippen molar-refractivity contribution in [2.75, 3.05) is 63.9 Å². The van der Waals surface area contributed by atoms with Gasteiger partial charge in [0.15, 0.2) is 0 Å². The summed E-state index contributed by atoms with van der Waals surface area (Å²) < 4.78 is 27.6. The lowest BCUT2D eigenvalue weighted by molar-refractivity contribution is -1.01. The van der Waals surface area contributed by atoms with Crippen molar-refractivity contribution in [1.29, 1.82) is 0 Å². The second-order valence-electron chi connectivity index (χ2n) is 8.66. The van der Waals surface area contributed by atoms with Gasteiger partial charge in [0.05, 0.1) is 19.7 Å². The summed E-state index contributed by atoms with van der Waals surface area (Å²) >= 11 is 0. The molecule has 0 aromatic heterocycles. The van der Waals surface area contributed by atoms with Gasteiger partial charge in [-0.2, -0.15) is 0 Å². The first-order chi connectivity index (χ1) is 14.6. The van der Waals surface area contributed by atoms with Crippen molar-refractivity contribution < 1.29 is 23.7 Å². The Hall–Kier alpha value is -2.02. The summed E-state index contributed by atoms with van der Waals surface area (Å²) in [5, 5.41) is 9.13. The van der Waals surface area contributed by atoms with Crippen LogP contribution in [-0.4, -0.2) is 64.1 Å². The zero-order valence-corrected chi connectivity index (χ0v) is 17.5. The van der Waals surface area contributed by atoms with Crippen LogP contribution in [0.3, 0.4) is 0 Å². The van der Waals surface area contributed by atoms with E-state index < -0.39 is 0 Å². The van der Waals surface area contributed by atoms with Crippen molar-refractivity contribution in [1.82, 2.24) is 0 Å². The van der Waals surface area contributed by atoms with Crippen molar-refractivity contribution in [2.24, 2.45) is 0 Å². The molecule has 2 heterocycles. The predicted octanol–water partition coefficient (Wildman–Crippen LogP) is 0.473. The highest BCUT2D eigenvalue weighted by molar-refractivity contribution is 5.58. The molecule has 2 aromatic rings. The number of rotatable bonds is 6. The lowest BCUT2D eigenvalue weighted by atomic mass is 9.87.